The number of halogens is 9. The van der Waals surface area contributed by atoms with Crippen LogP contribution >= 0.6 is 36.2 Å². The monoisotopic (exact) mass is 1180 g/mol. The van der Waals surface area contributed by atoms with E-state index >= 15 is 0 Å². The number of aliphatic hydroxyl groups is 1. The number of hydrogen-bond donors (Lipinski definition) is 5. The van der Waals surface area contributed by atoms with Crippen LogP contribution in [0.3, 0.4) is 0 Å². The number of ether oxygens (including phenoxy) is 4. The smallest absolute Gasteiger partial charge is 0.416 e. The van der Waals surface area contributed by atoms with Crippen LogP contribution in [0.5, 0.6) is 34.5 Å². The van der Waals surface area contributed by atoms with Crippen LogP contribution in [0, 0.1) is 30.1 Å². The highest BCUT2D eigenvalue weighted by Gasteiger charge is 2.32. The number of aromatic hydroxyl groups is 2. The Balaban J connectivity index is 0.000000381. The molecule has 9 nitrogen and oxygen atoms in total. The van der Waals surface area contributed by atoms with Crippen LogP contribution < -0.4 is 18.9 Å². The van der Waals surface area contributed by atoms with Gasteiger partial charge in [-0.1, -0.05) is 20.8 Å². The van der Waals surface area contributed by atoms with Gasteiger partial charge in [0.2, 0.25) is 0 Å². The second kappa shape index (κ2) is 36.7. The SMILES string of the molecule is C#CC.CCC(CO)COc1ccc(C(F)(F)F)cc1.CCC(COc1ccc(C(F)(F)F)cc1)CSc1ccc(O)cc1.CCC(COc1ccc(C(F)(F)F)cc1)CSc1ccc(OCC(=O)O)cc1.Oc1ccc(S)cc1. The molecular formula is C59H65F9O9S3. The summed E-state index contributed by atoms with van der Waals surface area (Å²) in [5.41, 5.74) is -2.07. The number of carbonyl (C=O) groups is 1. The zero-order valence-corrected chi connectivity index (χ0v) is 46.8. The van der Waals surface area contributed by atoms with Gasteiger partial charge in [-0.15, -0.1) is 48.5 Å². The Morgan fingerprint density at radius 3 is 1.06 bits per heavy atom. The first-order chi connectivity index (χ1) is 37.8. The topological polar surface area (TPSA) is 135 Å². The molecule has 436 valence electrons. The van der Waals surface area contributed by atoms with Gasteiger partial charge in [-0.05, 0) is 172 Å². The van der Waals surface area contributed by atoms with Crippen LogP contribution in [0.4, 0.5) is 39.5 Å². The molecule has 0 bridgehead atoms. The number of terminal acetylenes is 1. The Morgan fingerprint density at radius 1 is 0.512 bits per heavy atom. The first-order valence-electron chi connectivity index (χ1n) is 24.7. The molecule has 0 saturated heterocycles. The third kappa shape index (κ3) is 29.7. The molecule has 0 aromatic heterocycles. The third-order valence-electron chi connectivity index (χ3n) is 10.8. The number of phenolic OH excluding ortho intramolecular Hbond substituents is 2. The number of aliphatic hydroxyl groups excluding tert-OH is 1. The van der Waals surface area contributed by atoms with Crippen molar-refractivity contribution in [3.05, 3.63) is 162 Å². The highest BCUT2D eigenvalue weighted by Crippen LogP contribution is 2.33. The van der Waals surface area contributed by atoms with Gasteiger partial charge in [-0.2, -0.15) is 39.5 Å². The van der Waals surface area contributed by atoms with Crippen molar-refractivity contribution >= 4 is 42.1 Å². The van der Waals surface area contributed by atoms with Crippen molar-refractivity contribution in [2.75, 3.05) is 44.5 Å². The lowest BCUT2D eigenvalue weighted by atomic mass is 10.1. The van der Waals surface area contributed by atoms with E-state index in [1.807, 2.05) is 38.1 Å². The molecule has 0 amide bonds. The molecule has 6 rings (SSSR count). The maximum atomic E-state index is 12.6. The molecule has 0 aliphatic carbocycles. The molecule has 21 heteroatoms. The molecule has 3 atom stereocenters. The summed E-state index contributed by atoms with van der Waals surface area (Å²) in [6, 6.07) is 34.8. The predicted molar refractivity (Wildman–Crippen MR) is 298 cm³/mol. The lowest BCUT2D eigenvalue weighted by Gasteiger charge is -2.16. The van der Waals surface area contributed by atoms with Gasteiger partial charge >= 0.3 is 24.5 Å². The highest BCUT2D eigenvalue weighted by atomic mass is 32.2. The van der Waals surface area contributed by atoms with Crippen molar-refractivity contribution in [2.24, 2.45) is 17.8 Å². The van der Waals surface area contributed by atoms with Gasteiger partial charge in [0.25, 0.3) is 0 Å². The summed E-state index contributed by atoms with van der Waals surface area (Å²) in [6.07, 6.45) is -5.87. The lowest BCUT2D eigenvalue weighted by molar-refractivity contribution is -0.139. The molecule has 0 saturated carbocycles. The van der Waals surface area contributed by atoms with Gasteiger partial charge in [-0.3, -0.25) is 0 Å². The van der Waals surface area contributed by atoms with E-state index in [1.54, 1.807) is 79.0 Å². The number of thioether (sulfide) groups is 2. The summed E-state index contributed by atoms with van der Waals surface area (Å²) >= 11 is 7.31. The van der Waals surface area contributed by atoms with E-state index < -0.39 is 41.2 Å². The first kappa shape index (κ1) is 69.6. The minimum Gasteiger partial charge on any atom is -0.508 e. The molecule has 6 aromatic rings. The standard InChI is InChI=1S/C20H21F3O4S.C18H19F3O2S.C12H15F3O2.C6H6OS.C3H4/c1-2-14(11-26-16-5-3-15(4-6-16)20(21,22)23)13-28-18-9-7-17(8-10-18)27-12-19(24)25;1-2-13(12-24-17-9-5-15(22)6-10-17)11-23-16-7-3-14(4-8-16)18(19,20)21;1-2-9(7-16)8-17-11-5-3-10(4-6-11)12(13,14)15;7-5-1-3-6(8)4-2-5;1-3-2/h3-10,14H,2,11-13H2,1H3,(H,24,25);3-10,13,22H,2,11-12H2,1H3;3-6,9,16H,2,7-8H2,1H3;1-4,7-8H;1H,2H3. The molecule has 0 aliphatic rings. The maximum Gasteiger partial charge on any atom is 0.416 e. The Morgan fingerprint density at radius 2 is 0.787 bits per heavy atom. The number of hydrogen-bond acceptors (Lipinski definition) is 11. The quantitative estimate of drug-likeness (QED) is 0.0192. The summed E-state index contributed by atoms with van der Waals surface area (Å²) in [5, 5.41) is 35.5. The minimum absolute atomic E-state index is 0.0110. The molecule has 0 aliphatic heterocycles. The number of alkyl halides is 9. The molecule has 6 aromatic carbocycles. The number of phenols is 2. The van der Waals surface area contributed by atoms with Crippen molar-refractivity contribution in [1.29, 1.82) is 0 Å². The fraction of sp³-hybridized carbons (Fsp3) is 0.339. The predicted octanol–water partition coefficient (Wildman–Crippen LogP) is 16.4. The Labute approximate surface area is 475 Å². The summed E-state index contributed by atoms with van der Waals surface area (Å²) in [7, 11) is 0. The molecule has 3 unspecified atom stereocenters. The van der Waals surface area contributed by atoms with Crippen LogP contribution in [-0.2, 0) is 23.3 Å². The largest absolute Gasteiger partial charge is 0.508 e. The number of carboxylic acid groups (broad SMARTS) is 1. The van der Waals surface area contributed by atoms with E-state index in [4.69, 9.17) is 34.3 Å². The number of benzene rings is 6. The third-order valence-corrected chi connectivity index (χ3v) is 13.6. The van der Waals surface area contributed by atoms with Crippen molar-refractivity contribution < 1.29 is 83.7 Å². The number of aliphatic carboxylic acids is 1. The fourth-order valence-electron chi connectivity index (χ4n) is 5.93. The first-order valence-corrected chi connectivity index (χ1v) is 27.1. The highest BCUT2D eigenvalue weighted by molar-refractivity contribution is 7.99. The van der Waals surface area contributed by atoms with Gasteiger partial charge in [-0.25, -0.2) is 4.79 Å². The summed E-state index contributed by atoms with van der Waals surface area (Å²) in [5.74, 6) is 5.60. The van der Waals surface area contributed by atoms with E-state index in [-0.39, 0.29) is 42.5 Å². The van der Waals surface area contributed by atoms with E-state index in [0.29, 0.717) is 42.8 Å². The van der Waals surface area contributed by atoms with E-state index in [1.165, 1.54) is 36.4 Å². The fourth-order valence-corrected chi connectivity index (χ4v) is 8.26. The van der Waals surface area contributed by atoms with Crippen molar-refractivity contribution in [3.63, 3.8) is 0 Å². The molecule has 80 heavy (non-hydrogen) atoms. The summed E-state index contributed by atoms with van der Waals surface area (Å²) in [6.45, 7) is 8.45. The number of carboxylic acids is 1. The van der Waals surface area contributed by atoms with Gasteiger partial charge in [0.05, 0.1) is 36.5 Å². The average molecular weight is 1190 g/mol. The van der Waals surface area contributed by atoms with Crippen molar-refractivity contribution in [1.82, 2.24) is 0 Å². The zero-order chi connectivity index (χ0) is 59.7. The van der Waals surface area contributed by atoms with Gasteiger partial charge in [0.15, 0.2) is 6.61 Å². The summed E-state index contributed by atoms with van der Waals surface area (Å²) < 4.78 is 134. The molecule has 0 spiro atoms. The molecule has 0 fully saturated rings. The van der Waals surface area contributed by atoms with Crippen LogP contribution in [-0.4, -0.2) is 70.9 Å². The van der Waals surface area contributed by atoms with Crippen molar-refractivity contribution in [3.8, 4) is 46.8 Å². The van der Waals surface area contributed by atoms with Gasteiger partial charge < -0.3 is 39.4 Å². The second-order valence-corrected chi connectivity index (χ2v) is 19.8. The van der Waals surface area contributed by atoms with Gasteiger partial charge in [0, 0.05) is 50.6 Å². The van der Waals surface area contributed by atoms with Crippen LogP contribution in [0.25, 0.3) is 0 Å². The Hall–Kier alpha value is -6.47. The van der Waals surface area contributed by atoms with E-state index in [2.05, 4.69) is 31.9 Å². The second-order valence-electron chi connectivity index (χ2n) is 17.1. The van der Waals surface area contributed by atoms with Crippen molar-refractivity contribution in [2.45, 2.75) is 80.2 Å². The Bertz CT molecular complexity index is 2630. The van der Waals surface area contributed by atoms with Crippen LogP contribution in [0.1, 0.15) is 63.6 Å². The van der Waals surface area contributed by atoms with Gasteiger partial charge in [0.1, 0.15) is 34.5 Å². The van der Waals surface area contributed by atoms with Crippen LogP contribution in [0.2, 0.25) is 0 Å². The number of thiol groups is 1. The maximum absolute atomic E-state index is 12.6. The number of rotatable bonds is 22. The zero-order valence-electron chi connectivity index (χ0n) is 44.2. The van der Waals surface area contributed by atoms with E-state index in [9.17, 15) is 49.4 Å². The molecular weight excluding hydrogens is 1120 g/mol. The average Bonchev–Trinajstić information content (AvgIpc) is 3.42. The Kier molecular flexibility index (Phi) is 32.0. The minimum atomic E-state index is -4.35. The lowest BCUT2D eigenvalue weighted by Crippen LogP contribution is -2.15. The molecule has 0 radical (unpaired) electrons. The normalized spacial score (nSPS) is 12.1. The molecule has 4 N–H and O–H groups in total. The van der Waals surface area contributed by atoms with Crippen LogP contribution in [0.15, 0.2) is 160 Å². The van der Waals surface area contributed by atoms with E-state index in [0.717, 1.165) is 81.9 Å². The summed E-state index contributed by atoms with van der Waals surface area (Å²) in [4.78, 5) is 13.4. The molecule has 0 heterocycles.